The summed E-state index contributed by atoms with van der Waals surface area (Å²) in [6, 6.07) is 5.00. The molecule has 0 aliphatic carbocycles. The Kier molecular flexibility index (Phi) is 4.78. The summed E-state index contributed by atoms with van der Waals surface area (Å²) in [5, 5.41) is 12.5. The maximum atomic E-state index is 10.8. The second-order valence-electron chi connectivity index (χ2n) is 4.44. The zero-order chi connectivity index (χ0) is 13.0. The molecule has 1 aromatic rings. The summed E-state index contributed by atoms with van der Waals surface area (Å²) in [6.07, 6.45) is 2.50. The van der Waals surface area contributed by atoms with Crippen LogP contribution in [-0.2, 0) is 0 Å². The summed E-state index contributed by atoms with van der Waals surface area (Å²) >= 11 is 7.94. The molecule has 18 heavy (non-hydrogen) atoms. The van der Waals surface area contributed by atoms with Crippen LogP contribution in [0.1, 0.15) is 23.2 Å². The van der Waals surface area contributed by atoms with Crippen molar-refractivity contribution in [1.82, 2.24) is 0 Å². The highest BCUT2D eigenvalue weighted by atomic mass is 35.5. The molecule has 0 radical (unpaired) electrons. The third-order valence-electron chi connectivity index (χ3n) is 3.14. The number of nitrogens with one attached hydrogen (secondary N) is 1. The van der Waals surface area contributed by atoms with E-state index in [1.54, 1.807) is 18.2 Å². The van der Waals surface area contributed by atoms with Crippen molar-refractivity contribution in [1.29, 1.82) is 0 Å². The first kappa shape index (κ1) is 13.6. The minimum absolute atomic E-state index is 0.149. The quantitative estimate of drug-likeness (QED) is 0.887. The van der Waals surface area contributed by atoms with Crippen molar-refractivity contribution in [3.05, 3.63) is 28.8 Å². The van der Waals surface area contributed by atoms with Crippen molar-refractivity contribution in [3.8, 4) is 0 Å². The van der Waals surface area contributed by atoms with E-state index in [9.17, 15) is 4.79 Å². The lowest BCUT2D eigenvalue weighted by molar-refractivity contribution is 0.0697. The monoisotopic (exact) mass is 285 g/mol. The lowest BCUT2D eigenvalue weighted by atomic mass is 10.0. The van der Waals surface area contributed by atoms with E-state index in [2.05, 4.69) is 5.32 Å². The SMILES string of the molecule is O=C(O)c1ccc(NCC2CCSCC2)cc1Cl. The highest BCUT2D eigenvalue weighted by Crippen LogP contribution is 2.25. The molecule has 0 aromatic heterocycles. The summed E-state index contributed by atoms with van der Waals surface area (Å²) in [5.74, 6) is 2.20. The molecule has 0 atom stereocenters. The number of anilines is 1. The molecule has 0 amide bonds. The molecule has 0 saturated carbocycles. The molecule has 0 spiro atoms. The van der Waals surface area contributed by atoms with E-state index in [1.165, 1.54) is 24.3 Å². The highest BCUT2D eigenvalue weighted by molar-refractivity contribution is 7.99. The van der Waals surface area contributed by atoms with Crippen molar-refractivity contribution < 1.29 is 9.90 Å². The lowest BCUT2D eigenvalue weighted by Gasteiger charge is -2.22. The van der Waals surface area contributed by atoms with Crippen LogP contribution in [0.4, 0.5) is 5.69 Å². The van der Waals surface area contributed by atoms with E-state index in [0.29, 0.717) is 5.92 Å². The van der Waals surface area contributed by atoms with Crippen LogP contribution in [0.15, 0.2) is 18.2 Å². The van der Waals surface area contributed by atoms with Gasteiger partial charge in [0, 0.05) is 12.2 Å². The molecule has 1 saturated heterocycles. The van der Waals surface area contributed by atoms with Gasteiger partial charge in [-0.2, -0.15) is 11.8 Å². The Labute approximate surface area is 116 Å². The van der Waals surface area contributed by atoms with Crippen LogP contribution in [-0.4, -0.2) is 29.1 Å². The number of thioether (sulfide) groups is 1. The van der Waals surface area contributed by atoms with Crippen LogP contribution < -0.4 is 5.32 Å². The van der Waals surface area contributed by atoms with Gasteiger partial charge in [0.2, 0.25) is 0 Å². The molecule has 1 aliphatic rings. The van der Waals surface area contributed by atoms with E-state index in [1.807, 2.05) is 11.8 Å². The van der Waals surface area contributed by atoms with Gasteiger partial charge < -0.3 is 10.4 Å². The van der Waals surface area contributed by atoms with Crippen molar-refractivity contribution in [2.75, 3.05) is 23.4 Å². The number of carboxylic acid groups (broad SMARTS) is 1. The van der Waals surface area contributed by atoms with E-state index in [4.69, 9.17) is 16.7 Å². The number of aromatic carboxylic acids is 1. The number of carboxylic acids is 1. The second-order valence-corrected chi connectivity index (χ2v) is 6.07. The van der Waals surface area contributed by atoms with Crippen molar-refractivity contribution >= 4 is 35.0 Å². The molecule has 1 fully saturated rings. The zero-order valence-electron chi connectivity index (χ0n) is 9.99. The lowest BCUT2D eigenvalue weighted by Crippen LogP contribution is -2.19. The van der Waals surface area contributed by atoms with Gasteiger partial charge in [-0.15, -0.1) is 0 Å². The van der Waals surface area contributed by atoms with E-state index in [0.717, 1.165) is 12.2 Å². The van der Waals surface area contributed by atoms with E-state index < -0.39 is 5.97 Å². The molecule has 98 valence electrons. The topological polar surface area (TPSA) is 49.3 Å². The molecule has 3 nitrogen and oxygen atoms in total. The van der Waals surface area contributed by atoms with Gasteiger partial charge in [0.05, 0.1) is 10.6 Å². The number of rotatable bonds is 4. The molecular formula is C13H16ClNO2S. The third-order valence-corrected chi connectivity index (χ3v) is 4.50. The van der Waals surface area contributed by atoms with Crippen molar-refractivity contribution in [3.63, 3.8) is 0 Å². The normalized spacial score (nSPS) is 16.5. The van der Waals surface area contributed by atoms with Crippen LogP contribution in [0.5, 0.6) is 0 Å². The summed E-state index contributed by atoms with van der Waals surface area (Å²) in [5.41, 5.74) is 1.04. The van der Waals surface area contributed by atoms with Crippen LogP contribution in [0, 0.1) is 5.92 Å². The summed E-state index contributed by atoms with van der Waals surface area (Å²) in [4.78, 5) is 10.8. The highest BCUT2D eigenvalue weighted by Gasteiger charge is 2.14. The Balaban J connectivity index is 1.93. The molecule has 1 aliphatic heterocycles. The fourth-order valence-electron chi connectivity index (χ4n) is 2.01. The molecule has 0 unspecified atom stereocenters. The van der Waals surface area contributed by atoms with E-state index >= 15 is 0 Å². The largest absolute Gasteiger partial charge is 0.478 e. The predicted octanol–water partition coefficient (Wildman–Crippen LogP) is 3.59. The number of carbonyl (C=O) groups is 1. The molecule has 0 bridgehead atoms. The molecular weight excluding hydrogens is 270 g/mol. The number of benzene rings is 1. The van der Waals surface area contributed by atoms with Gasteiger partial charge in [-0.1, -0.05) is 11.6 Å². The van der Waals surface area contributed by atoms with Gasteiger partial charge in [0.15, 0.2) is 0 Å². The van der Waals surface area contributed by atoms with Gasteiger partial charge >= 0.3 is 5.97 Å². The first-order valence-corrected chi connectivity index (χ1v) is 7.54. The second kappa shape index (κ2) is 6.34. The van der Waals surface area contributed by atoms with Crippen LogP contribution in [0.2, 0.25) is 5.02 Å². The molecule has 1 heterocycles. The van der Waals surface area contributed by atoms with Gasteiger partial charge in [-0.3, -0.25) is 0 Å². The predicted molar refractivity (Wildman–Crippen MR) is 77.0 cm³/mol. The summed E-state index contributed by atoms with van der Waals surface area (Å²) in [6.45, 7) is 0.934. The number of hydrogen-bond donors (Lipinski definition) is 2. The molecule has 5 heteroatoms. The maximum absolute atomic E-state index is 10.8. The van der Waals surface area contributed by atoms with Gasteiger partial charge in [0.1, 0.15) is 0 Å². The average Bonchev–Trinajstić information content (AvgIpc) is 2.37. The van der Waals surface area contributed by atoms with Gasteiger partial charge in [0.25, 0.3) is 0 Å². The first-order valence-electron chi connectivity index (χ1n) is 6.01. The van der Waals surface area contributed by atoms with Gasteiger partial charge in [-0.25, -0.2) is 4.79 Å². The summed E-state index contributed by atoms with van der Waals surface area (Å²) in [7, 11) is 0. The Hall–Kier alpha value is -0.870. The number of hydrogen-bond acceptors (Lipinski definition) is 3. The van der Waals surface area contributed by atoms with E-state index in [-0.39, 0.29) is 10.6 Å². The third kappa shape index (κ3) is 3.56. The first-order chi connectivity index (χ1) is 8.66. The minimum atomic E-state index is -0.990. The Morgan fingerprint density at radius 1 is 1.44 bits per heavy atom. The Morgan fingerprint density at radius 2 is 2.17 bits per heavy atom. The van der Waals surface area contributed by atoms with Crippen molar-refractivity contribution in [2.45, 2.75) is 12.8 Å². The average molecular weight is 286 g/mol. The Morgan fingerprint density at radius 3 is 2.78 bits per heavy atom. The molecule has 2 rings (SSSR count). The fraction of sp³-hybridized carbons (Fsp3) is 0.462. The van der Waals surface area contributed by atoms with Crippen LogP contribution >= 0.6 is 23.4 Å². The minimum Gasteiger partial charge on any atom is -0.478 e. The fourth-order valence-corrected chi connectivity index (χ4v) is 3.48. The Bertz CT molecular complexity index is 433. The number of halogens is 1. The maximum Gasteiger partial charge on any atom is 0.337 e. The molecule has 2 N–H and O–H groups in total. The van der Waals surface area contributed by atoms with Crippen molar-refractivity contribution in [2.24, 2.45) is 5.92 Å². The van der Waals surface area contributed by atoms with Crippen LogP contribution in [0.3, 0.4) is 0 Å². The smallest absolute Gasteiger partial charge is 0.337 e. The summed E-state index contributed by atoms with van der Waals surface area (Å²) < 4.78 is 0. The van der Waals surface area contributed by atoms with Gasteiger partial charge in [-0.05, 0) is 48.5 Å². The molecule has 1 aromatic carbocycles. The standard InChI is InChI=1S/C13H16ClNO2S/c14-12-7-10(1-2-11(12)13(16)17)15-8-9-3-5-18-6-4-9/h1-2,7,9,15H,3-6,8H2,(H,16,17). The van der Waals surface area contributed by atoms with Crippen LogP contribution in [0.25, 0.3) is 0 Å². The zero-order valence-corrected chi connectivity index (χ0v) is 11.6.